The Morgan fingerprint density at radius 2 is 2.05 bits per heavy atom. The highest BCUT2D eigenvalue weighted by atomic mass is 16.5. The summed E-state index contributed by atoms with van der Waals surface area (Å²) >= 11 is 0. The molecule has 1 aromatic carbocycles. The largest absolute Gasteiger partial charge is 0.480 e. The fourth-order valence-corrected chi connectivity index (χ4v) is 2.73. The first-order valence-corrected chi connectivity index (χ1v) is 6.65. The average Bonchev–Trinajstić information content (AvgIpc) is 2.90. The predicted octanol–water partition coefficient (Wildman–Crippen LogP) is 0.954. The van der Waals surface area contributed by atoms with Crippen molar-refractivity contribution in [3.8, 4) is 0 Å². The number of ether oxygens (including phenoxy) is 1. The number of anilines is 1. The van der Waals surface area contributed by atoms with Gasteiger partial charge in [-0.2, -0.15) is 0 Å². The zero-order valence-electron chi connectivity index (χ0n) is 11.0. The summed E-state index contributed by atoms with van der Waals surface area (Å²) in [5, 5.41) is 9.20. The van der Waals surface area contributed by atoms with Crippen LogP contribution in [0, 0.1) is 0 Å². The molecule has 1 N–H and O–H groups in total. The van der Waals surface area contributed by atoms with E-state index in [1.807, 2.05) is 24.3 Å². The molecule has 2 aliphatic rings. The van der Waals surface area contributed by atoms with Gasteiger partial charge in [-0.15, -0.1) is 0 Å². The Labute approximate surface area is 116 Å². The molecule has 2 amide bonds. The molecule has 0 aliphatic carbocycles. The average molecular weight is 276 g/mol. The van der Waals surface area contributed by atoms with Gasteiger partial charge in [-0.1, -0.05) is 18.2 Å². The molecule has 1 unspecified atom stereocenters. The lowest BCUT2D eigenvalue weighted by Gasteiger charge is -2.35. The number of morpholine rings is 1. The van der Waals surface area contributed by atoms with Gasteiger partial charge in [-0.05, 0) is 18.1 Å². The maximum absolute atomic E-state index is 12.6. The van der Waals surface area contributed by atoms with E-state index in [0.29, 0.717) is 19.7 Å². The van der Waals surface area contributed by atoms with Crippen LogP contribution in [0.5, 0.6) is 0 Å². The van der Waals surface area contributed by atoms with Gasteiger partial charge in [-0.3, -0.25) is 4.90 Å². The van der Waals surface area contributed by atoms with Crippen LogP contribution in [0.15, 0.2) is 24.3 Å². The maximum Gasteiger partial charge on any atom is 0.328 e. The molecule has 2 aliphatic heterocycles. The molecule has 20 heavy (non-hydrogen) atoms. The minimum atomic E-state index is -1.02. The molecule has 106 valence electrons. The summed E-state index contributed by atoms with van der Waals surface area (Å²) in [7, 11) is 0. The number of nitrogens with zero attached hydrogens (tertiary/aromatic N) is 2. The quantitative estimate of drug-likeness (QED) is 0.829. The molecule has 0 saturated carbocycles. The number of hydrogen-bond donors (Lipinski definition) is 1. The van der Waals surface area contributed by atoms with Crippen LogP contribution in [0.25, 0.3) is 0 Å². The van der Waals surface area contributed by atoms with Crippen LogP contribution < -0.4 is 4.90 Å². The number of carboxylic acids is 1. The van der Waals surface area contributed by atoms with Crippen LogP contribution >= 0.6 is 0 Å². The van der Waals surface area contributed by atoms with Crippen LogP contribution in [0.1, 0.15) is 5.56 Å². The van der Waals surface area contributed by atoms with Crippen molar-refractivity contribution in [1.29, 1.82) is 0 Å². The summed E-state index contributed by atoms with van der Waals surface area (Å²) in [6, 6.07) is 6.59. The SMILES string of the molecule is O=C(O)C1COCCN1C(=O)N1CCc2ccccc21. The van der Waals surface area contributed by atoms with E-state index in [4.69, 9.17) is 4.74 Å². The molecule has 2 heterocycles. The van der Waals surface area contributed by atoms with E-state index in [1.165, 1.54) is 4.90 Å². The lowest BCUT2D eigenvalue weighted by Crippen LogP contribution is -2.56. The van der Waals surface area contributed by atoms with Gasteiger partial charge in [0.1, 0.15) is 0 Å². The number of carboxylic acid groups (broad SMARTS) is 1. The number of benzene rings is 1. The van der Waals surface area contributed by atoms with E-state index in [-0.39, 0.29) is 12.6 Å². The third-order valence-electron chi connectivity index (χ3n) is 3.78. The molecular weight excluding hydrogens is 260 g/mol. The van der Waals surface area contributed by atoms with Crippen molar-refractivity contribution in [3.05, 3.63) is 29.8 Å². The Morgan fingerprint density at radius 3 is 2.85 bits per heavy atom. The van der Waals surface area contributed by atoms with Gasteiger partial charge in [0.15, 0.2) is 6.04 Å². The fourth-order valence-electron chi connectivity index (χ4n) is 2.73. The van der Waals surface area contributed by atoms with Crippen molar-refractivity contribution in [2.24, 2.45) is 0 Å². The molecule has 1 fully saturated rings. The number of amides is 2. The van der Waals surface area contributed by atoms with E-state index >= 15 is 0 Å². The number of carbonyl (C=O) groups excluding carboxylic acids is 1. The molecule has 0 spiro atoms. The van der Waals surface area contributed by atoms with Gasteiger partial charge in [0.2, 0.25) is 0 Å². The van der Waals surface area contributed by atoms with Crippen LogP contribution in [0.4, 0.5) is 10.5 Å². The second-order valence-electron chi connectivity index (χ2n) is 4.94. The third-order valence-corrected chi connectivity index (χ3v) is 3.78. The number of rotatable bonds is 1. The lowest BCUT2D eigenvalue weighted by molar-refractivity contribution is -0.147. The summed E-state index contributed by atoms with van der Waals surface area (Å²) in [6.45, 7) is 1.35. The minimum absolute atomic E-state index is 0.0521. The van der Waals surface area contributed by atoms with Crippen molar-refractivity contribution in [1.82, 2.24) is 4.90 Å². The number of aliphatic carboxylic acids is 1. The van der Waals surface area contributed by atoms with Gasteiger partial charge in [0.25, 0.3) is 0 Å². The molecule has 3 rings (SSSR count). The first-order valence-electron chi connectivity index (χ1n) is 6.65. The molecule has 6 nitrogen and oxygen atoms in total. The van der Waals surface area contributed by atoms with Crippen molar-refractivity contribution < 1.29 is 19.4 Å². The highest BCUT2D eigenvalue weighted by Gasteiger charge is 2.37. The summed E-state index contributed by atoms with van der Waals surface area (Å²) in [6.07, 6.45) is 0.810. The normalized spacial score (nSPS) is 21.7. The Balaban J connectivity index is 1.84. The number of urea groups is 1. The molecule has 0 radical (unpaired) electrons. The Kier molecular flexibility index (Phi) is 3.31. The molecule has 0 aromatic heterocycles. The van der Waals surface area contributed by atoms with Gasteiger partial charge in [-0.25, -0.2) is 9.59 Å². The van der Waals surface area contributed by atoms with Crippen molar-refractivity contribution >= 4 is 17.7 Å². The molecule has 1 aromatic rings. The van der Waals surface area contributed by atoms with E-state index in [2.05, 4.69) is 0 Å². The van der Waals surface area contributed by atoms with Gasteiger partial charge in [0, 0.05) is 18.8 Å². The first-order chi connectivity index (χ1) is 9.68. The van der Waals surface area contributed by atoms with Crippen LogP contribution in [0.2, 0.25) is 0 Å². The zero-order chi connectivity index (χ0) is 14.1. The van der Waals surface area contributed by atoms with Gasteiger partial charge >= 0.3 is 12.0 Å². The summed E-state index contributed by atoms with van der Waals surface area (Å²) in [4.78, 5) is 26.9. The second kappa shape index (κ2) is 5.13. The first kappa shape index (κ1) is 12.9. The van der Waals surface area contributed by atoms with Crippen LogP contribution in [-0.4, -0.2) is 54.4 Å². The Bertz CT molecular complexity index is 546. The predicted molar refractivity (Wildman–Crippen MR) is 71.8 cm³/mol. The van der Waals surface area contributed by atoms with Crippen molar-refractivity contribution in [3.63, 3.8) is 0 Å². The third kappa shape index (κ3) is 2.12. The fraction of sp³-hybridized carbons (Fsp3) is 0.429. The van der Waals surface area contributed by atoms with Gasteiger partial charge in [0.05, 0.1) is 13.2 Å². The molecule has 6 heteroatoms. The van der Waals surface area contributed by atoms with E-state index in [0.717, 1.165) is 17.7 Å². The number of fused-ring (bicyclic) bond motifs is 1. The number of para-hydroxylation sites is 1. The van der Waals surface area contributed by atoms with E-state index < -0.39 is 12.0 Å². The number of carbonyl (C=O) groups is 2. The molecule has 0 bridgehead atoms. The Hall–Kier alpha value is -2.08. The van der Waals surface area contributed by atoms with E-state index in [9.17, 15) is 14.7 Å². The van der Waals surface area contributed by atoms with Crippen molar-refractivity contribution in [2.45, 2.75) is 12.5 Å². The highest BCUT2D eigenvalue weighted by molar-refractivity contribution is 5.96. The monoisotopic (exact) mass is 276 g/mol. The summed E-state index contributed by atoms with van der Waals surface area (Å²) in [5.74, 6) is -1.02. The van der Waals surface area contributed by atoms with Crippen molar-refractivity contribution in [2.75, 3.05) is 31.2 Å². The summed E-state index contributed by atoms with van der Waals surface area (Å²) < 4.78 is 5.16. The molecule has 1 atom stereocenters. The maximum atomic E-state index is 12.6. The van der Waals surface area contributed by atoms with E-state index in [1.54, 1.807) is 4.90 Å². The molecule has 1 saturated heterocycles. The zero-order valence-corrected chi connectivity index (χ0v) is 11.0. The van der Waals surface area contributed by atoms with Crippen LogP contribution in [-0.2, 0) is 16.0 Å². The smallest absolute Gasteiger partial charge is 0.328 e. The lowest BCUT2D eigenvalue weighted by atomic mass is 10.2. The van der Waals surface area contributed by atoms with Gasteiger partial charge < -0.3 is 14.7 Å². The number of hydrogen-bond acceptors (Lipinski definition) is 3. The second-order valence-corrected chi connectivity index (χ2v) is 4.94. The minimum Gasteiger partial charge on any atom is -0.480 e. The Morgan fingerprint density at radius 1 is 1.25 bits per heavy atom. The molecular formula is C14H16N2O4. The highest BCUT2D eigenvalue weighted by Crippen LogP contribution is 2.29. The van der Waals surface area contributed by atoms with Crippen LogP contribution in [0.3, 0.4) is 0 Å². The summed E-state index contributed by atoms with van der Waals surface area (Å²) in [5.41, 5.74) is 2.01. The standard InChI is InChI=1S/C14H16N2O4/c17-13(18)12-9-20-8-7-16(12)14(19)15-6-5-10-3-1-2-4-11(10)15/h1-4,12H,5-9H2,(H,17,18). The topological polar surface area (TPSA) is 70.1 Å².